The van der Waals surface area contributed by atoms with Crippen molar-refractivity contribution in [3.63, 3.8) is 0 Å². The molecule has 5 rings (SSSR count). The number of thiocarbonyl (C=S) groups is 1. The van der Waals surface area contributed by atoms with Crippen molar-refractivity contribution >= 4 is 38.7 Å². The van der Waals surface area contributed by atoms with E-state index in [1.54, 1.807) is 30.7 Å². The van der Waals surface area contributed by atoms with Gasteiger partial charge < -0.3 is 19.5 Å². The first-order valence-corrected chi connectivity index (χ1v) is 14.7. The van der Waals surface area contributed by atoms with E-state index in [4.69, 9.17) is 17.0 Å². The van der Waals surface area contributed by atoms with Crippen LogP contribution in [0.15, 0.2) is 73.2 Å². The molecule has 0 radical (unpaired) electrons. The number of ether oxygens (including phenoxy) is 1. The first kappa shape index (κ1) is 26.6. The molecule has 1 aromatic carbocycles. The van der Waals surface area contributed by atoms with Crippen LogP contribution in [0.1, 0.15) is 40.3 Å². The molecule has 1 fully saturated rings. The predicted molar refractivity (Wildman–Crippen MR) is 157 cm³/mol. The Morgan fingerprint density at radius 1 is 1.08 bits per heavy atom. The number of sulfonamides is 1. The predicted octanol–water partition coefficient (Wildman–Crippen LogP) is 4.50. The lowest BCUT2D eigenvalue weighted by molar-refractivity contribution is 0.417. The molecule has 3 aromatic heterocycles. The number of anilines is 2. The smallest absolute Gasteiger partial charge is 0.229 e. The third-order valence-corrected chi connectivity index (χ3v) is 7.78. The van der Waals surface area contributed by atoms with Gasteiger partial charge in [0.15, 0.2) is 5.11 Å². The van der Waals surface area contributed by atoms with Gasteiger partial charge in [0.25, 0.3) is 0 Å². The Morgan fingerprint density at radius 3 is 2.51 bits per heavy atom. The van der Waals surface area contributed by atoms with Gasteiger partial charge in [0, 0.05) is 42.2 Å². The molecule has 1 saturated heterocycles. The standard InChI is InChI=1S/C28H30N6O3S2/c1-18-15-22(19(2)33(18)17-20-10-13-29-14-11-20)27-26(23-7-5-6-12-30-23)31-28(38)34(27)21-8-9-25(37-3)24(16-21)32-39(4,35)36/h5-16,26-27,32H,17H2,1-4H3,(H,31,38)/t26-,27+/m1/s1. The van der Waals surface area contributed by atoms with Crippen LogP contribution >= 0.6 is 12.2 Å². The maximum atomic E-state index is 12.1. The zero-order valence-electron chi connectivity index (χ0n) is 22.1. The zero-order chi connectivity index (χ0) is 27.7. The molecule has 39 heavy (non-hydrogen) atoms. The number of pyridine rings is 2. The van der Waals surface area contributed by atoms with Crippen LogP contribution in [0.4, 0.5) is 11.4 Å². The van der Waals surface area contributed by atoms with Crippen LogP contribution in [0.3, 0.4) is 0 Å². The number of nitrogens with zero attached hydrogens (tertiary/aromatic N) is 4. The summed E-state index contributed by atoms with van der Waals surface area (Å²) in [6.45, 7) is 4.92. The Labute approximate surface area is 233 Å². The molecule has 0 unspecified atom stereocenters. The van der Waals surface area contributed by atoms with E-state index in [1.165, 1.54) is 7.11 Å². The van der Waals surface area contributed by atoms with Crippen molar-refractivity contribution < 1.29 is 13.2 Å². The van der Waals surface area contributed by atoms with Gasteiger partial charge >= 0.3 is 0 Å². The van der Waals surface area contributed by atoms with Crippen molar-refractivity contribution in [2.75, 3.05) is 23.0 Å². The van der Waals surface area contributed by atoms with E-state index >= 15 is 0 Å². The molecule has 9 nitrogen and oxygen atoms in total. The first-order valence-electron chi connectivity index (χ1n) is 12.4. The Morgan fingerprint density at radius 2 is 1.85 bits per heavy atom. The molecular weight excluding hydrogens is 532 g/mol. The Kier molecular flexibility index (Phi) is 7.28. The SMILES string of the molecule is COc1ccc(N2C(=S)N[C@H](c3ccccn3)[C@@H]2c2cc(C)n(Cc3ccncc3)c2C)cc1NS(C)(=O)=O. The van der Waals surface area contributed by atoms with Crippen LogP contribution in [0.25, 0.3) is 0 Å². The summed E-state index contributed by atoms with van der Waals surface area (Å²) in [7, 11) is -2.03. The topological polar surface area (TPSA) is 101 Å². The Bertz CT molecular complexity index is 1610. The summed E-state index contributed by atoms with van der Waals surface area (Å²) in [6, 6.07) is 16.9. The highest BCUT2D eigenvalue weighted by molar-refractivity contribution is 7.92. The number of aryl methyl sites for hydroxylation is 1. The van der Waals surface area contributed by atoms with Crippen LogP contribution in [0.5, 0.6) is 5.75 Å². The van der Waals surface area contributed by atoms with Gasteiger partial charge in [-0.25, -0.2) is 8.42 Å². The average molecular weight is 563 g/mol. The van der Waals surface area contributed by atoms with Gasteiger partial charge in [0.1, 0.15) is 5.75 Å². The number of rotatable bonds is 8. The zero-order valence-corrected chi connectivity index (χ0v) is 23.8. The average Bonchev–Trinajstić information content (AvgIpc) is 3.39. The van der Waals surface area contributed by atoms with Crippen LogP contribution in [0, 0.1) is 13.8 Å². The molecule has 2 atom stereocenters. The summed E-state index contributed by atoms with van der Waals surface area (Å²) < 4.78 is 34.4. The van der Waals surface area contributed by atoms with E-state index in [-0.39, 0.29) is 12.1 Å². The van der Waals surface area contributed by atoms with Crippen molar-refractivity contribution in [2.45, 2.75) is 32.5 Å². The number of methoxy groups -OCH3 is 1. The van der Waals surface area contributed by atoms with Gasteiger partial charge in [-0.3, -0.25) is 14.7 Å². The minimum absolute atomic E-state index is 0.234. The molecule has 0 saturated carbocycles. The van der Waals surface area contributed by atoms with Gasteiger partial charge in [-0.15, -0.1) is 0 Å². The van der Waals surface area contributed by atoms with Gasteiger partial charge in [0.2, 0.25) is 10.0 Å². The van der Waals surface area contributed by atoms with Gasteiger partial charge in [0.05, 0.1) is 36.8 Å². The monoisotopic (exact) mass is 562 g/mol. The number of nitrogens with one attached hydrogen (secondary N) is 2. The lowest BCUT2D eigenvalue weighted by atomic mass is 9.96. The van der Waals surface area contributed by atoms with Crippen molar-refractivity contribution in [1.82, 2.24) is 19.9 Å². The van der Waals surface area contributed by atoms with Crippen molar-refractivity contribution in [3.05, 3.63) is 101 Å². The molecule has 4 heterocycles. The largest absolute Gasteiger partial charge is 0.495 e. The maximum absolute atomic E-state index is 12.1. The summed E-state index contributed by atoms with van der Waals surface area (Å²) >= 11 is 5.88. The van der Waals surface area contributed by atoms with E-state index in [0.29, 0.717) is 23.1 Å². The molecule has 11 heteroatoms. The summed E-state index contributed by atoms with van der Waals surface area (Å²) in [5, 5.41) is 4.00. The third kappa shape index (κ3) is 5.45. The van der Waals surface area contributed by atoms with Crippen LogP contribution in [-0.2, 0) is 16.6 Å². The summed E-state index contributed by atoms with van der Waals surface area (Å²) in [6.07, 6.45) is 6.48. The fourth-order valence-corrected chi connectivity index (χ4v) is 6.02. The molecule has 0 spiro atoms. The fraction of sp³-hybridized carbons (Fsp3) is 0.250. The maximum Gasteiger partial charge on any atom is 0.229 e. The van der Waals surface area contributed by atoms with Gasteiger partial charge in [-0.2, -0.15) is 0 Å². The summed E-state index contributed by atoms with van der Waals surface area (Å²) in [5.74, 6) is 0.413. The fourth-order valence-electron chi connectivity index (χ4n) is 5.12. The number of benzene rings is 1. The highest BCUT2D eigenvalue weighted by Crippen LogP contribution is 2.44. The number of hydrogen-bond acceptors (Lipinski definition) is 6. The Balaban J connectivity index is 1.64. The second-order valence-corrected chi connectivity index (χ2v) is 11.7. The molecule has 4 aromatic rings. The lowest BCUT2D eigenvalue weighted by Crippen LogP contribution is -2.29. The minimum atomic E-state index is -3.54. The first-order chi connectivity index (χ1) is 18.7. The van der Waals surface area contributed by atoms with Crippen molar-refractivity contribution in [2.24, 2.45) is 0 Å². The molecular formula is C28H30N6O3S2. The van der Waals surface area contributed by atoms with Gasteiger partial charge in [-0.05, 0) is 85.7 Å². The normalized spacial score (nSPS) is 17.2. The van der Waals surface area contributed by atoms with Crippen LogP contribution in [0.2, 0.25) is 0 Å². The van der Waals surface area contributed by atoms with E-state index in [2.05, 4.69) is 44.5 Å². The summed E-state index contributed by atoms with van der Waals surface area (Å²) in [5.41, 5.74) is 6.39. The van der Waals surface area contributed by atoms with Crippen LogP contribution in [-0.4, -0.2) is 41.4 Å². The number of hydrogen-bond donors (Lipinski definition) is 2. The van der Waals surface area contributed by atoms with E-state index in [9.17, 15) is 8.42 Å². The summed E-state index contributed by atoms with van der Waals surface area (Å²) in [4.78, 5) is 10.8. The molecule has 1 aliphatic rings. The molecule has 0 amide bonds. The van der Waals surface area contributed by atoms with Gasteiger partial charge in [-0.1, -0.05) is 6.07 Å². The van der Waals surface area contributed by atoms with E-state index in [0.717, 1.165) is 40.2 Å². The number of aromatic nitrogens is 3. The van der Waals surface area contributed by atoms with E-state index in [1.807, 2.05) is 41.3 Å². The Hall–Kier alpha value is -3.96. The highest BCUT2D eigenvalue weighted by Gasteiger charge is 2.42. The minimum Gasteiger partial charge on any atom is -0.495 e. The molecule has 0 aliphatic carbocycles. The molecule has 2 N–H and O–H groups in total. The van der Waals surface area contributed by atoms with Crippen molar-refractivity contribution in [1.29, 1.82) is 0 Å². The van der Waals surface area contributed by atoms with Crippen molar-refractivity contribution in [3.8, 4) is 5.75 Å². The second kappa shape index (κ2) is 10.7. The second-order valence-electron chi connectivity index (χ2n) is 9.52. The quantitative estimate of drug-likeness (QED) is 0.303. The highest BCUT2D eigenvalue weighted by atomic mass is 32.2. The lowest BCUT2D eigenvalue weighted by Gasteiger charge is -2.29. The molecule has 202 valence electrons. The van der Waals surface area contributed by atoms with Crippen LogP contribution < -0.4 is 19.7 Å². The van der Waals surface area contributed by atoms with E-state index < -0.39 is 10.0 Å². The molecule has 0 bridgehead atoms. The third-order valence-electron chi connectivity index (χ3n) is 6.88. The molecule has 1 aliphatic heterocycles.